The van der Waals surface area contributed by atoms with Crippen molar-refractivity contribution in [3.63, 3.8) is 0 Å². The summed E-state index contributed by atoms with van der Waals surface area (Å²) in [6, 6.07) is 7.55. The molecule has 0 aliphatic heterocycles. The maximum absolute atomic E-state index is 11.2. The van der Waals surface area contributed by atoms with Crippen molar-refractivity contribution < 1.29 is 9.90 Å². The first kappa shape index (κ1) is 15.8. The smallest absolute Gasteiger partial charge is 0.339 e. The molecular formula is C15H15ClN2O2S. The van der Waals surface area contributed by atoms with Crippen LogP contribution in [0.25, 0.3) is 0 Å². The van der Waals surface area contributed by atoms with E-state index in [0.29, 0.717) is 22.3 Å². The molecule has 4 nitrogen and oxygen atoms in total. The van der Waals surface area contributed by atoms with E-state index in [1.807, 2.05) is 38.1 Å². The molecule has 1 aromatic heterocycles. The summed E-state index contributed by atoms with van der Waals surface area (Å²) in [6.07, 6.45) is 1.39. The topological polar surface area (TPSA) is 63.1 Å². The summed E-state index contributed by atoms with van der Waals surface area (Å²) in [5, 5.41) is 9.83. The van der Waals surface area contributed by atoms with Crippen molar-refractivity contribution in [2.24, 2.45) is 0 Å². The van der Waals surface area contributed by atoms with Crippen LogP contribution in [0.15, 0.2) is 35.4 Å². The van der Waals surface area contributed by atoms with Crippen molar-refractivity contribution in [2.75, 3.05) is 0 Å². The van der Waals surface area contributed by atoms with Gasteiger partial charge in [-0.3, -0.25) is 0 Å². The summed E-state index contributed by atoms with van der Waals surface area (Å²) < 4.78 is 0. The second-order valence-electron chi connectivity index (χ2n) is 4.79. The van der Waals surface area contributed by atoms with Crippen LogP contribution < -0.4 is 0 Å². The summed E-state index contributed by atoms with van der Waals surface area (Å²) in [7, 11) is 0. The first-order valence-corrected chi connectivity index (χ1v) is 7.81. The predicted molar refractivity (Wildman–Crippen MR) is 84.1 cm³/mol. The fourth-order valence-electron chi connectivity index (χ4n) is 1.81. The lowest BCUT2D eigenvalue weighted by atomic mass is 10.1. The lowest BCUT2D eigenvalue weighted by molar-refractivity contribution is 0.0694. The van der Waals surface area contributed by atoms with E-state index in [2.05, 4.69) is 9.97 Å². The van der Waals surface area contributed by atoms with Gasteiger partial charge < -0.3 is 5.11 Å². The highest BCUT2D eigenvalue weighted by Gasteiger charge is 2.16. The van der Waals surface area contributed by atoms with E-state index >= 15 is 0 Å². The maximum Gasteiger partial charge on any atom is 0.339 e. The van der Waals surface area contributed by atoms with Gasteiger partial charge in [0, 0.05) is 16.1 Å². The number of thioether (sulfide) groups is 1. The monoisotopic (exact) mass is 322 g/mol. The molecule has 0 fully saturated rings. The number of hydrogen-bond acceptors (Lipinski definition) is 4. The number of carbonyl (C=O) groups is 1. The molecule has 2 rings (SSSR count). The van der Waals surface area contributed by atoms with Gasteiger partial charge in [0.25, 0.3) is 0 Å². The Morgan fingerprint density at radius 2 is 2.19 bits per heavy atom. The highest BCUT2D eigenvalue weighted by atomic mass is 35.5. The standard InChI is InChI=1S/C15H15ClN2O2S/c1-9(2)14-12(15(19)20)7-17-13(18-14)8-21-11-5-3-4-10(16)6-11/h3-7,9H,8H2,1-2H3,(H,19,20). The molecule has 0 radical (unpaired) electrons. The second-order valence-corrected chi connectivity index (χ2v) is 6.28. The van der Waals surface area contributed by atoms with Gasteiger partial charge in [-0.1, -0.05) is 31.5 Å². The number of benzene rings is 1. The Balaban J connectivity index is 2.17. The second kappa shape index (κ2) is 6.91. The zero-order chi connectivity index (χ0) is 15.4. The average Bonchev–Trinajstić information content (AvgIpc) is 2.44. The van der Waals surface area contributed by atoms with Crippen LogP contribution in [0.1, 0.15) is 41.6 Å². The van der Waals surface area contributed by atoms with Crippen molar-refractivity contribution >= 4 is 29.3 Å². The largest absolute Gasteiger partial charge is 0.478 e. The molecule has 1 aromatic carbocycles. The maximum atomic E-state index is 11.2. The first-order valence-electron chi connectivity index (χ1n) is 6.45. The molecule has 6 heteroatoms. The van der Waals surface area contributed by atoms with E-state index in [4.69, 9.17) is 16.7 Å². The third kappa shape index (κ3) is 4.19. The Bertz CT molecular complexity index is 662. The molecule has 110 valence electrons. The van der Waals surface area contributed by atoms with Crippen LogP contribution in [0.3, 0.4) is 0 Å². The van der Waals surface area contributed by atoms with Gasteiger partial charge in [-0.05, 0) is 24.1 Å². The minimum absolute atomic E-state index is 0.0361. The van der Waals surface area contributed by atoms with Gasteiger partial charge in [0.1, 0.15) is 5.82 Å². The van der Waals surface area contributed by atoms with Crippen molar-refractivity contribution in [2.45, 2.75) is 30.4 Å². The van der Waals surface area contributed by atoms with E-state index in [-0.39, 0.29) is 11.5 Å². The van der Waals surface area contributed by atoms with Gasteiger partial charge >= 0.3 is 5.97 Å². The van der Waals surface area contributed by atoms with Crippen LogP contribution in [0.4, 0.5) is 0 Å². The first-order chi connectivity index (χ1) is 9.97. The van der Waals surface area contributed by atoms with Gasteiger partial charge in [0.05, 0.1) is 17.0 Å². The number of nitrogens with zero attached hydrogens (tertiary/aromatic N) is 2. The third-order valence-corrected chi connectivity index (χ3v) is 4.03. The number of aromatic carboxylic acids is 1. The molecule has 0 spiro atoms. The highest BCUT2D eigenvalue weighted by Crippen LogP contribution is 2.25. The minimum Gasteiger partial charge on any atom is -0.478 e. The summed E-state index contributed by atoms with van der Waals surface area (Å²) in [6.45, 7) is 3.84. The van der Waals surface area contributed by atoms with Crippen molar-refractivity contribution in [3.05, 3.63) is 52.6 Å². The van der Waals surface area contributed by atoms with Crippen LogP contribution in [0.2, 0.25) is 5.02 Å². The fourth-order valence-corrected chi connectivity index (χ4v) is 2.89. The predicted octanol–water partition coefficient (Wildman–Crippen LogP) is 4.24. The number of halogens is 1. The molecule has 21 heavy (non-hydrogen) atoms. The molecule has 1 N–H and O–H groups in total. The number of carboxylic acid groups (broad SMARTS) is 1. The third-order valence-electron chi connectivity index (χ3n) is 2.81. The van der Waals surface area contributed by atoms with Crippen LogP contribution >= 0.6 is 23.4 Å². The Labute approximate surface area is 132 Å². The molecule has 2 aromatic rings. The molecule has 0 aliphatic carbocycles. The van der Waals surface area contributed by atoms with Crippen molar-refractivity contribution in [3.8, 4) is 0 Å². The average molecular weight is 323 g/mol. The summed E-state index contributed by atoms with van der Waals surface area (Å²) in [4.78, 5) is 20.7. The summed E-state index contributed by atoms with van der Waals surface area (Å²) in [5.74, 6) is 0.232. The summed E-state index contributed by atoms with van der Waals surface area (Å²) >= 11 is 7.50. The van der Waals surface area contributed by atoms with E-state index in [1.54, 1.807) is 11.8 Å². The van der Waals surface area contributed by atoms with Crippen LogP contribution in [-0.2, 0) is 5.75 Å². The number of aromatic nitrogens is 2. The molecule has 0 amide bonds. The quantitative estimate of drug-likeness (QED) is 0.834. The molecule has 0 atom stereocenters. The zero-order valence-corrected chi connectivity index (χ0v) is 13.3. The fraction of sp³-hybridized carbons (Fsp3) is 0.267. The van der Waals surface area contributed by atoms with Gasteiger partial charge in [-0.2, -0.15) is 0 Å². The molecule has 0 bridgehead atoms. The van der Waals surface area contributed by atoms with Gasteiger partial charge in [0.2, 0.25) is 0 Å². The van der Waals surface area contributed by atoms with E-state index in [1.165, 1.54) is 6.20 Å². The number of hydrogen-bond donors (Lipinski definition) is 1. The molecule has 0 saturated carbocycles. The highest BCUT2D eigenvalue weighted by molar-refractivity contribution is 7.98. The lowest BCUT2D eigenvalue weighted by Gasteiger charge is -2.10. The SMILES string of the molecule is CC(C)c1nc(CSc2cccc(Cl)c2)ncc1C(=O)O. The van der Waals surface area contributed by atoms with Crippen molar-refractivity contribution in [1.82, 2.24) is 9.97 Å². The summed E-state index contributed by atoms with van der Waals surface area (Å²) in [5.41, 5.74) is 0.737. The number of carboxylic acids is 1. The Morgan fingerprint density at radius 3 is 2.81 bits per heavy atom. The van der Waals surface area contributed by atoms with E-state index < -0.39 is 5.97 Å². The normalized spacial score (nSPS) is 10.9. The van der Waals surface area contributed by atoms with Crippen LogP contribution in [0, 0.1) is 0 Å². The number of rotatable bonds is 5. The zero-order valence-electron chi connectivity index (χ0n) is 11.7. The lowest BCUT2D eigenvalue weighted by Crippen LogP contribution is -2.09. The van der Waals surface area contributed by atoms with E-state index in [0.717, 1.165) is 4.90 Å². The van der Waals surface area contributed by atoms with Crippen molar-refractivity contribution in [1.29, 1.82) is 0 Å². The minimum atomic E-state index is -0.993. The molecule has 1 heterocycles. The Kier molecular flexibility index (Phi) is 5.20. The molecule has 0 saturated heterocycles. The van der Waals surface area contributed by atoms with Gasteiger partial charge in [-0.15, -0.1) is 11.8 Å². The molecular weight excluding hydrogens is 308 g/mol. The molecule has 0 aliphatic rings. The van der Waals surface area contributed by atoms with Gasteiger partial charge in [0.15, 0.2) is 0 Å². The van der Waals surface area contributed by atoms with Crippen LogP contribution in [-0.4, -0.2) is 21.0 Å². The molecule has 0 unspecified atom stereocenters. The van der Waals surface area contributed by atoms with Gasteiger partial charge in [-0.25, -0.2) is 14.8 Å². The van der Waals surface area contributed by atoms with E-state index in [9.17, 15) is 4.79 Å². The van der Waals surface area contributed by atoms with Crippen LogP contribution in [0.5, 0.6) is 0 Å². The Morgan fingerprint density at radius 1 is 1.43 bits per heavy atom. The Hall–Kier alpha value is -1.59.